The van der Waals surface area contributed by atoms with Gasteiger partial charge in [0.2, 0.25) is 11.8 Å². The molecular weight excluding hydrogens is 184 g/mol. The molecule has 1 aliphatic heterocycles. The topological polar surface area (TPSA) is 87.5 Å². The van der Waals surface area contributed by atoms with Crippen molar-refractivity contribution in [2.45, 2.75) is 0 Å². The predicted molar refractivity (Wildman–Crippen MR) is 51.5 cm³/mol. The molecule has 0 aromatic heterocycles. The van der Waals surface area contributed by atoms with Gasteiger partial charge in [0.15, 0.2) is 0 Å². The van der Waals surface area contributed by atoms with Crippen LogP contribution in [0.3, 0.4) is 0 Å². The van der Waals surface area contributed by atoms with E-state index in [-0.39, 0.29) is 12.5 Å². The molecule has 0 aliphatic carbocycles. The second-order valence-corrected chi connectivity index (χ2v) is 3.27. The van der Waals surface area contributed by atoms with Crippen molar-refractivity contribution in [3.63, 3.8) is 0 Å². The summed E-state index contributed by atoms with van der Waals surface area (Å²) in [6, 6.07) is 0. The maximum atomic E-state index is 11.2. The molecule has 0 radical (unpaired) electrons. The normalized spacial score (nSPS) is 17.7. The summed E-state index contributed by atoms with van der Waals surface area (Å²) in [5.74, 6) is -0.663. The van der Waals surface area contributed by atoms with Crippen molar-refractivity contribution < 1.29 is 9.59 Å². The average molecular weight is 200 g/mol. The van der Waals surface area contributed by atoms with E-state index in [4.69, 9.17) is 5.73 Å². The van der Waals surface area contributed by atoms with E-state index in [0.717, 1.165) is 26.2 Å². The van der Waals surface area contributed by atoms with Crippen LogP contribution in [-0.2, 0) is 9.59 Å². The van der Waals surface area contributed by atoms with Gasteiger partial charge in [-0.25, -0.2) is 0 Å². The third-order valence-corrected chi connectivity index (χ3v) is 2.04. The summed E-state index contributed by atoms with van der Waals surface area (Å²) in [6.45, 7) is 3.81. The van der Waals surface area contributed by atoms with E-state index in [1.807, 2.05) is 4.90 Å². The summed E-state index contributed by atoms with van der Waals surface area (Å²) in [4.78, 5) is 23.6. The number of hydrogen-bond donors (Lipinski definition) is 3. The highest BCUT2D eigenvalue weighted by atomic mass is 16.2. The lowest BCUT2D eigenvalue weighted by atomic mass is 10.3. The van der Waals surface area contributed by atoms with E-state index in [1.165, 1.54) is 0 Å². The molecule has 0 atom stereocenters. The lowest BCUT2D eigenvalue weighted by Crippen LogP contribution is -2.48. The van der Waals surface area contributed by atoms with Crippen molar-refractivity contribution in [2.24, 2.45) is 5.73 Å². The Kier molecular flexibility index (Phi) is 4.34. The van der Waals surface area contributed by atoms with Crippen LogP contribution in [0, 0.1) is 0 Å². The van der Waals surface area contributed by atoms with Gasteiger partial charge in [0.1, 0.15) is 0 Å². The second-order valence-electron chi connectivity index (χ2n) is 3.27. The first-order valence-corrected chi connectivity index (χ1v) is 4.66. The molecule has 6 heteroatoms. The molecule has 0 aromatic carbocycles. The maximum absolute atomic E-state index is 11.2. The third kappa shape index (κ3) is 4.20. The number of nitrogens with one attached hydrogen (secondary N) is 2. The van der Waals surface area contributed by atoms with Crippen molar-refractivity contribution >= 4 is 11.8 Å². The predicted octanol–water partition coefficient (Wildman–Crippen LogP) is -2.51. The molecule has 1 fully saturated rings. The average Bonchev–Trinajstić information content (AvgIpc) is 2.16. The van der Waals surface area contributed by atoms with Crippen molar-refractivity contribution in [1.29, 1.82) is 0 Å². The number of nitrogens with zero attached hydrogens (tertiary/aromatic N) is 1. The van der Waals surface area contributed by atoms with Gasteiger partial charge < -0.3 is 16.4 Å². The molecular formula is C8H16N4O2. The molecule has 1 rings (SSSR count). The summed E-state index contributed by atoms with van der Waals surface area (Å²) in [5.41, 5.74) is 4.90. The van der Waals surface area contributed by atoms with Gasteiger partial charge in [-0.15, -0.1) is 0 Å². The first kappa shape index (κ1) is 10.9. The smallest absolute Gasteiger partial charge is 0.236 e. The number of piperazine rings is 1. The van der Waals surface area contributed by atoms with Crippen molar-refractivity contribution in [3.05, 3.63) is 0 Å². The Morgan fingerprint density at radius 1 is 1.36 bits per heavy atom. The highest BCUT2D eigenvalue weighted by Gasteiger charge is 2.13. The largest absolute Gasteiger partial charge is 0.368 e. The standard InChI is InChI=1S/C8H16N4O2/c9-7(13)5-11-8(14)6-12-3-1-10-2-4-12/h10H,1-6H2,(H2,9,13)(H,11,14). The van der Waals surface area contributed by atoms with Gasteiger partial charge in [0.25, 0.3) is 0 Å². The summed E-state index contributed by atoms with van der Waals surface area (Å²) in [5, 5.41) is 5.64. The number of rotatable bonds is 4. The van der Waals surface area contributed by atoms with Crippen molar-refractivity contribution in [1.82, 2.24) is 15.5 Å². The van der Waals surface area contributed by atoms with Gasteiger partial charge in [-0.2, -0.15) is 0 Å². The molecule has 1 saturated heterocycles. The second kappa shape index (κ2) is 5.56. The molecule has 0 bridgehead atoms. The molecule has 0 saturated carbocycles. The molecule has 6 nitrogen and oxygen atoms in total. The zero-order valence-corrected chi connectivity index (χ0v) is 8.08. The minimum absolute atomic E-state index is 0.0784. The number of amides is 2. The molecule has 0 unspecified atom stereocenters. The quantitative estimate of drug-likeness (QED) is 0.468. The van der Waals surface area contributed by atoms with Crippen LogP contribution >= 0.6 is 0 Å². The van der Waals surface area contributed by atoms with Gasteiger partial charge in [0, 0.05) is 26.2 Å². The Hall–Kier alpha value is -1.14. The SMILES string of the molecule is NC(=O)CNC(=O)CN1CCNCC1. The zero-order chi connectivity index (χ0) is 10.4. The van der Waals surface area contributed by atoms with E-state index in [1.54, 1.807) is 0 Å². The number of nitrogens with two attached hydrogens (primary N) is 1. The van der Waals surface area contributed by atoms with E-state index in [2.05, 4.69) is 10.6 Å². The number of hydrogen-bond acceptors (Lipinski definition) is 4. The van der Waals surface area contributed by atoms with Crippen LogP contribution in [-0.4, -0.2) is 56.0 Å². The van der Waals surface area contributed by atoms with Crippen LogP contribution in [0.5, 0.6) is 0 Å². The zero-order valence-electron chi connectivity index (χ0n) is 8.08. The van der Waals surface area contributed by atoms with E-state index >= 15 is 0 Å². The fourth-order valence-corrected chi connectivity index (χ4v) is 1.31. The Morgan fingerprint density at radius 3 is 2.57 bits per heavy atom. The van der Waals surface area contributed by atoms with Gasteiger partial charge in [-0.05, 0) is 0 Å². The van der Waals surface area contributed by atoms with E-state index < -0.39 is 5.91 Å². The first-order valence-electron chi connectivity index (χ1n) is 4.66. The Bertz CT molecular complexity index is 213. The highest BCUT2D eigenvalue weighted by Crippen LogP contribution is 1.90. The van der Waals surface area contributed by atoms with Crippen molar-refractivity contribution in [3.8, 4) is 0 Å². The van der Waals surface area contributed by atoms with Gasteiger partial charge >= 0.3 is 0 Å². The Balaban J connectivity index is 2.15. The Labute approximate surface area is 82.8 Å². The van der Waals surface area contributed by atoms with Crippen LogP contribution in [0.25, 0.3) is 0 Å². The minimum atomic E-state index is -0.515. The van der Waals surface area contributed by atoms with Gasteiger partial charge in [0.05, 0.1) is 13.1 Å². The summed E-state index contributed by atoms with van der Waals surface area (Å²) in [6.07, 6.45) is 0. The maximum Gasteiger partial charge on any atom is 0.236 e. The van der Waals surface area contributed by atoms with E-state index in [9.17, 15) is 9.59 Å². The van der Waals surface area contributed by atoms with Crippen LogP contribution in [0.1, 0.15) is 0 Å². The summed E-state index contributed by atoms with van der Waals surface area (Å²) < 4.78 is 0. The fourth-order valence-electron chi connectivity index (χ4n) is 1.31. The van der Waals surface area contributed by atoms with Gasteiger partial charge in [-0.1, -0.05) is 0 Å². The third-order valence-electron chi connectivity index (χ3n) is 2.04. The molecule has 80 valence electrons. The minimum Gasteiger partial charge on any atom is -0.368 e. The lowest BCUT2D eigenvalue weighted by Gasteiger charge is -2.26. The molecule has 1 heterocycles. The summed E-state index contributed by atoms with van der Waals surface area (Å²) >= 11 is 0. The summed E-state index contributed by atoms with van der Waals surface area (Å²) in [7, 11) is 0. The van der Waals surface area contributed by atoms with Crippen LogP contribution in [0.15, 0.2) is 0 Å². The number of carbonyl (C=O) groups excluding carboxylic acids is 2. The molecule has 0 spiro atoms. The first-order chi connectivity index (χ1) is 6.68. The molecule has 14 heavy (non-hydrogen) atoms. The molecule has 2 amide bonds. The molecule has 4 N–H and O–H groups in total. The molecule has 0 aromatic rings. The molecule has 1 aliphatic rings. The van der Waals surface area contributed by atoms with Crippen molar-refractivity contribution in [2.75, 3.05) is 39.3 Å². The van der Waals surface area contributed by atoms with Gasteiger partial charge in [-0.3, -0.25) is 14.5 Å². The van der Waals surface area contributed by atoms with Crippen LogP contribution in [0.4, 0.5) is 0 Å². The Morgan fingerprint density at radius 2 is 2.00 bits per heavy atom. The number of carbonyl (C=O) groups is 2. The van der Waals surface area contributed by atoms with Crippen LogP contribution < -0.4 is 16.4 Å². The monoisotopic (exact) mass is 200 g/mol. The number of primary amides is 1. The fraction of sp³-hybridized carbons (Fsp3) is 0.750. The van der Waals surface area contributed by atoms with Crippen LogP contribution in [0.2, 0.25) is 0 Å². The highest BCUT2D eigenvalue weighted by molar-refractivity contribution is 5.84. The lowest BCUT2D eigenvalue weighted by molar-refractivity contribution is -0.125. The van der Waals surface area contributed by atoms with E-state index in [0.29, 0.717) is 6.54 Å².